The summed E-state index contributed by atoms with van der Waals surface area (Å²) in [5.74, 6) is -1.04. The summed E-state index contributed by atoms with van der Waals surface area (Å²) in [5, 5.41) is 8.80. The number of carbonyl (C=O) groups is 2. The highest BCUT2D eigenvalue weighted by atomic mass is 16.4. The Morgan fingerprint density at radius 3 is 2.06 bits per heavy atom. The molecule has 0 bridgehead atoms. The summed E-state index contributed by atoms with van der Waals surface area (Å²) in [6.07, 6.45) is 0.900. The molecule has 0 atom stereocenters. The zero-order valence-corrected chi connectivity index (χ0v) is 11.0. The predicted molar refractivity (Wildman–Crippen MR) is 69.9 cm³/mol. The number of nitrogens with zero attached hydrogens (tertiary/aromatic N) is 1. The number of aromatic carboxylic acids is 1. The molecule has 0 aromatic heterocycles. The molecule has 98 valence electrons. The minimum absolute atomic E-state index is 0.0520. The van der Waals surface area contributed by atoms with Crippen molar-refractivity contribution in [3.05, 3.63) is 35.4 Å². The molecule has 0 radical (unpaired) electrons. The van der Waals surface area contributed by atoms with Gasteiger partial charge in [0.2, 0.25) is 0 Å². The Hall–Kier alpha value is -1.84. The van der Waals surface area contributed by atoms with Crippen molar-refractivity contribution in [1.82, 2.24) is 4.90 Å². The number of carboxylic acids is 1. The summed E-state index contributed by atoms with van der Waals surface area (Å²) in [7, 11) is 0. The topological polar surface area (TPSA) is 57.6 Å². The quantitative estimate of drug-likeness (QED) is 0.872. The molecule has 1 rings (SSSR count). The zero-order valence-electron chi connectivity index (χ0n) is 11.0. The van der Waals surface area contributed by atoms with Gasteiger partial charge in [-0.3, -0.25) is 4.79 Å². The Labute approximate surface area is 107 Å². The summed E-state index contributed by atoms with van der Waals surface area (Å²) in [6.45, 7) is 6.67. The van der Waals surface area contributed by atoms with Gasteiger partial charge in [0.1, 0.15) is 0 Å². The van der Waals surface area contributed by atoms with Crippen LogP contribution < -0.4 is 0 Å². The van der Waals surface area contributed by atoms with Crippen molar-refractivity contribution >= 4 is 11.9 Å². The van der Waals surface area contributed by atoms with Gasteiger partial charge in [0.25, 0.3) is 5.91 Å². The average Bonchev–Trinajstić information content (AvgIpc) is 2.35. The van der Waals surface area contributed by atoms with Gasteiger partial charge >= 0.3 is 5.97 Å². The van der Waals surface area contributed by atoms with Gasteiger partial charge in [0, 0.05) is 18.2 Å². The average molecular weight is 249 g/mol. The summed E-state index contributed by atoms with van der Waals surface area (Å²) < 4.78 is 0. The van der Waals surface area contributed by atoms with E-state index in [-0.39, 0.29) is 17.5 Å². The number of hydrogen-bond acceptors (Lipinski definition) is 2. The monoisotopic (exact) mass is 249 g/mol. The summed E-state index contributed by atoms with van der Waals surface area (Å²) >= 11 is 0. The van der Waals surface area contributed by atoms with Crippen molar-refractivity contribution in [3.8, 4) is 0 Å². The van der Waals surface area contributed by atoms with Crippen molar-refractivity contribution in [2.75, 3.05) is 6.54 Å². The molecule has 1 aromatic carbocycles. The maximum Gasteiger partial charge on any atom is 0.335 e. The molecule has 0 aliphatic carbocycles. The van der Waals surface area contributed by atoms with Gasteiger partial charge in [-0.1, -0.05) is 6.92 Å². The highest BCUT2D eigenvalue weighted by molar-refractivity contribution is 5.96. The minimum atomic E-state index is -0.983. The van der Waals surface area contributed by atoms with E-state index in [1.165, 1.54) is 12.1 Å². The molecule has 0 aliphatic rings. The number of carboxylic acid groups (broad SMARTS) is 1. The van der Waals surface area contributed by atoms with E-state index in [4.69, 9.17) is 5.11 Å². The first-order chi connectivity index (χ1) is 8.47. The van der Waals surface area contributed by atoms with Gasteiger partial charge in [-0.25, -0.2) is 4.79 Å². The third kappa shape index (κ3) is 3.32. The molecule has 0 heterocycles. The lowest BCUT2D eigenvalue weighted by Crippen LogP contribution is -2.37. The fraction of sp³-hybridized carbons (Fsp3) is 0.429. The van der Waals surface area contributed by atoms with Crippen LogP contribution in [-0.2, 0) is 0 Å². The minimum Gasteiger partial charge on any atom is -0.478 e. The molecule has 0 saturated heterocycles. The van der Waals surface area contributed by atoms with Crippen molar-refractivity contribution in [1.29, 1.82) is 0 Å². The van der Waals surface area contributed by atoms with E-state index < -0.39 is 5.97 Å². The van der Waals surface area contributed by atoms with Gasteiger partial charge in [-0.15, -0.1) is 0 Å². The van der Waals surface area contributed by atoms with Crippen LogP contribution in [0.25, 0.3) is 0 Å². The number of benzene rings is 1. The molecule has 4 heteroatoms. The first-order valence-corrected chi connectivity index (χ1v) is 6.11. The van der Waals surface area contributed by atoms with Gasteiger partial charge < -0.3 is 10.0 Å². The van der Waals surface area contributed by atoms with Crippen LogP contribution in [0.5, 0.6) is 0 Å². The van der Waals surface area contributed by atoms with Crippen LogP contribution in [-0.4, -0.2) is 34.5 Å². The van der Waals surface area contributed by atoms with E-state index in [9.17, 15) is 9.59 Å². The molecule has 0 saturated carbocycles. The Morgan fingerprint density at radius 1 is 1.17 bits per heavy atom. The lowest BCUT2D eigenvalue weighted by atomic mass is 10.1. The van der Waals surface area contributed by atoms with Crippen LogP contribution >= 0.6 is 0 Å². The summed E-state index contributed by atoms with van der Waals surface area (Å²) in [6, 6.07) is 6.19. The molecule has 0 spiro atoms. The molecular weight excluding hydrogens is 230 g/mol. The molecule has 0 unspecified atom stereocenters. The Balaban J connectivity index is 2.91. The highest BCUT2D eigenvalue weighted by Gasteiger charge is 2.17. The lowest BCUT2D eigenvalue weighted by Gasteiger charge is -2.26. The molecule has 1 N–H and O–H groups in total. The van der Waals surface area contributed by atoms with Crippen LogP contribution in [0.2, 0.25) is 0 Å². The lowest BCUT2D eigenvalue weighted by molar-refractivity contribution is 0.0686. The van der Waals surface area contributed by atoms with Crippen LogP contribution in [0.1, 0.15) is 47.9 Å². The predicted octanol–water partition coefficient (Wildman–Crippen LogP) is 2.65. The Bertz CT molecular complexity index is 423. The van der Waals surface area contributed by atoms with E-state index in [1.807, 2.05) is 20.8 Å². The highest BCUT2D eigenvalue weighted by Crippen LogP contribution is 2.11. The zero-order chi connectivity index (χ0) is 13.7. The van der Waals surface area contributed by atoms with Crippen LogP contribution in [0.15, 0.2) is 24.3 Å². The Kier molecular flexibility index (Phi) is 4.89. The maximum atomic E-state index is 12.2. The van der Waals surface area contributed by atoms with E-state index in [0.29, 0.717) is 12.1 Å². The normalized spacial score (nSPS) is 10.4. The number of hydrogen-bond donors (Lipinski definition) is 1. The summed E-state index contributed by atoms with van der Waals surface area (Å²) in [4.78, 5) is 24.8. The molecule has 0 aliphatic heterocycles. The van der Waals surface area contributed by atoms with E-state index in [0.717, 1.165) is 6.42 Å². The number of rotatable bonds is 5. The van der Waals surface area contributed by atoms with E-state index >= 15 is 0 Å². The van der Waals surface area contributed by atoms with Gasteiger partial charge in [-0.2, -0.15) is 0 Å². The van der Waals surface area contributed by atoms with Crippen LogP contribution in [0.4, 0.5) is 0 Å². The molecule has 1 amide bonds. The van der Waals surface area contributed by atoms with Gasteiger partial charge in [0.15, 0.2) is 0 Å². The fourth-order valence-electron chi connectivity index (χ4n) is 1.76. The standard InChI is InChI=1S/C14H19NO3/c1-4-9-15(10(2)3)13(16)11-5-7-12(8-6-11)14(17)18/h5-8,10H,4,9H2,1-3H3,(H,17,18). The second-order valence-electron chi connectivity index (χ2n) is 4.47. The molecule has 0 fully saturated rings. The molecule has 4 nitrogen and oxygen atoms in total. The van der Waals surface area contributed by atoms with Crippen molar-refractivity contribution in [2.24, 2.45) is 0 Å². The van der Waals surface area contributed by atoms with E-state index in [2.05, 4.69) is 0 Å². The first kappa shape index (κ1) is 14.2. The van der Waals surface area contributed by atoms with Crippen molar-refractivity contribution < 1.29 is 14.7 Å². The molecule has 1 aromatic rings. The van der Waals surface area contributed by atoms with Crippen LogP contribution in [0, 0.1) is 0 Å². The third-order valence-electron chi connectivity index (χ3n) is 2.73. The fourth-order valence-corrected chi connectivity index (χ4v) is 1.76. The van der Waals surface area contributed by atoms with Gasteiger partial charge in [-0.05, 0) is 44.5 Å². The number of amides is 1. The summed E-state index contributed by atoms with van der Waals surface area (Å²) in [5.41, 5.74) is 0.722. The largest absolute Gasteiger partial charge is 0.478 e. The maximum absolute atomic E-state index is 12.2. The smallest absolute Gasteiger partial charge is 0.335 e. The van der Waals surface area contributed by atoms with Crippen LogP contribution in [0.3, 0.4) is 0 Å². The van der Waals surface area contributed by atoms with Crippen molar-refractivity contribution in [3.63, 3.8) is 0 Å². The van der Waals surface area contributed by atoms with E-state index in [1.54, 1.807) is 17.0 Å². The van der Waals surface area contributed by atoms with Crippen molar-refractivity contribution in [2.45, 2.75) is 33.2 Å². The molecule has 18 heavy (non-hydrogen) atoms. The first-order valence-electron chi connectivity index (χ1n) is 6.11. The second-order valence-corrected chi connectivity index (χ2v) is 4.47. The third-order valence-corrected chi connectivity index (χ3v) is 2.73. The van der Waals surface area contributed by atoms with Gasteiger partial charge in [0.05, 0.1) is 5.56 Å². The molecular formula is C14H19NO3. The SMILES string of the molecule is CCCN(C(=O)c1ccc(C(=O)O)cc1)C(C)C. The number of carbonyl (C=O) groups excluding carboxylic acids is 1. The Morgan fingerprint density at radius 2 is 1.67 bits per heavy atom. The second kappa shape index (κ2) is 6.19.